The molecule has 0 aliphatic carbocycles. The zero-order chi connectivity index (χ0) is 24.7. The summed E-state index contributed by atoms with van der Waals surface area (Å²) in [7, 11) is 0.631. The van der Waals surface area contributed by atoms with Crippen molar-refractivity contribution in [3.05, 3.63) is 77.9 Å². The number of nitrogens with one attached hydrogen (secondary N) is 1. The Bertz CT molecular complexity index is 1260. The van der Waals surface area contributed by atoms with Crippen LogP contribution in [0.25, 0.3) is 0 Å². The van der Waals surface area contributed by atoms with Crippen molar-refractivity contribution >= 4 is 21.6 Å². The maximum Gasteiger partial charge on any atom is 0.262 e. The Hall–Kier alpha value is -3.72. The zero-order valence-corrected chi connectivity index (χ0v) is 20.4. The summed E-state index contributed by atoms with van der Waals surface area (Å²) in [5.41, 5.74) is 1.44. The number of methoxy groups -OCH3 is 3. The summed E-state index contributed by atoms with van der Waals surface area (Å²) >= 11 is 0. The molecule has 0 saturated carbocycles. The number of para-hydroxylation sites is 2. The van der Waals surface area contributed by atoms with Crippen LogP contribution in [0.1, 0.15) is 22.8 Å². The fourth-order valence-corrected chi connectivity index (χ4v) is 4.55. The van der Waals surface area contributed by atoms with E-state index in [1.165, 1.54) is 19.2 Å². The van der Waals surface area contributed by atoms with Crippen LogP contribution in [0.5, 0.6) is 17.2 Å². The Balaban J connectivity index is 1.84. The number of ether oxygens (including phenoxy) is 3. The summed E-state index contributed by atoms with van der Waals surface area (Å²) in [6.07, 6.45) is 0. The fourth-order valence-electron chi connectivity index (χ4n) is 3.44. The van der Waals surface area contributed by atoms with Crippen molar-refractivity contribution in [2.75, 3.05) is 32.6 Å². The van der Waals surface area contributed by atoms with Gasteiger partial charge in [0.1, 0.15) is 5.75 Å². The average molecular weight is 485 g/mol. The minimum atomic E-state index is -3.94. The molecule has 0 saturated heterocycles. The summed E-state index contributed by atoms with van der Waals surface area (Å²) in [5, 5.41) is 0. The van der Waals surface area contributed by atoms with Gasteiger partial charge in [0.05, 0.1) is 31.9 Å². The van der Waals surface area contributed by atoms with Gasteiger partial charge in [-0.05, 0) is 55.0 Å². The lowest BCUT2D eigenvalue weighted by molar-refractivity contribution is 0.0752. The Kier molecular flexibility index (Phi) is 8.01. The first kappa shape index (κ1) is 24.9. The van der Waals surface area contributed by atoms with Gasteiger partial charge in [0.15, 0.2) is 11.5 Å². The number of carbonyl (C=O) groups is 1. The van der Waals surface area contributed by atoms with Crippen LogP contribution in [0, 0.1) is 0 Å². The Labute approximate surface area is 200 Å². The molecule has 0 spiro atoms. The number of rotatable bonds is 10. The van der Waals surface area contributed by atoms with E-state index in [4.69, 9.17) is 14.2 Å². The molecule has 9 heteroatoms. The van der Waals surface area contributed by atoms with Gasteiger partial charge in [0, 0.05) is 18.7 Å². The van der Waals surface area contributed by atoms with Crippen LogP contribution >= 0.6 is 0 Å². The molecule has 3 rings (SSSR count). The predicted octanol–water partition coefficient (Wildman–Crippen LogP) is 4.18. The predicted molar refractivity (Wildman–Crippen MR) is 130 cm³/mol. The quantitative estimate of drug-likeness (QED) is 0.464. The maximum atomic E-state index is 13.2. The summed E-state index contributed by atoms with van der Waals surface area (Å²) in [4.78, 5) is 14.8. The van der Waals surface area contributed by atoms with Crippen LogP contribution in [0.3, 0.4) is 0 Å². The van der Waals surface area contributed by atoms with E-state index >= 15 is 0 Å². The Morgan fingerprint density at radius 3 is 2.24 bits per heavy atom. The molecule has 34 heavy (non-hydrogen) atoms. The zero-order valence-electron chi connectivity index (χ0n) is 19.6. The lowest BCUT2D eigenvalue weighted by Gasteiger charge is -2.22. The molecule has 180 valence electrons. The third-order valence-electron chi connectivity index (χ3n) is 5.23. The maximum absolute atomic E-state index is 13.2. The van der Waals surface area contributed by atoms with Gasteiger partial charge in [-0.15, -0.1) is 0 Å². The molecule has 0 bridgehead atoms. The first-order valence-corrected chi connectivity index (χ1v) is 12.1. The second-order valence-corrected chi connectivity index (χ2v) is 9.02. The van der Waals surface area contributed by atoms with Crippen molar-refractivity contribution < 1.29 is 27.4 Å². The number of carbonyl (C=O) groups excluding carboxylic acids is 1. The topological polar surface area (TPSA) is 94.2 Å². The molecular formula is C25H28N2O6S. The monoisotopic (exact) mass is 484 g/mol. The average Bonchev–Trinajstić information content (AvgIpc) is 2.86. The highest BCUT2D eigenvalue weighted by atomic mass is 32.2. The molecule has 0 aromatic heterocycles. The first-order chi connectivity index (χ1) is 16.3. The molecule has 1 N–H and O–H groups in total. The van der Waals surface area contributed by atoms with Crippen molar-refractivity contribution in [1.82, 2.24) is 4.90 Å². The summed E-state index contributed by atoms with van der Waals surface area (Å²) < 4.78 is 44.3. The fraction of sp³-hybridized carbons (Fsp3) is 0.240. The number of amides is 1. The number of anilines is 1. The third kappa shape index (κ3) is 5.60. The van der Waals surface area contributed by atoms with Gasteiger partial charge < -0.3 is 19.1 Å². The highest BCUT2D eigenvalue weighted by molar-refractivity contribution is 7.92. The lowest BCUT2D eigenvalue weighted by Crippen LogP contribution is -2.30. The molecule has 8 nitrogen and oxygen atoms in total. The second-order valence-electron chi connectivity index (χ2n) is 7.34. The molecule has 3 aromatic rings. The van der Waals surface area contributed by atoms with E-state index in [9.17, 15) is 13.2 Å². The van der Waals surface area contributed by atoms with Crippen molar-refractivity contribution in [3.8, 4) is 17.2 Å². The molecule has 1 amide bonds. The van der Waals surface area contributed by atoms with Gasteiger partial charge in [-0.2, -0.15) is 0 Å². The largest absolute Gasteiger partial charge is 0.495 e. The highest BCUT2D eigenvalue weighted by Gasteiger charge is 2.21. The van der Waals surface area contributed by atoms with E-state index in [0.29, 0.717) is 36.0 Å². The summed E-state index contributed by atoms with van der Waals surface area (Å²) in [5.74, 6) is 1.28. The molecule has 0 aliphatic heterocycles. The van der Waals surface area contributed by atoms with Crippen LogP contribution in [0.2, 0.25) is 0 Å². The minimum Gasteiger partial charge on any atom is -0.495 e. The normalized spacial score (nSPS) is 10.9. The number of nitrogens with zero attached hydrogens (tertiary/aromatic N) is 1. The van der Waals surface area contributed by atoms with Crippen molar-refractivity contribution in [1.29, 1.82) is 0 Å². The van der Waals surface area contributed by atoms with E-state index < -0.39 is 10.0 Å². The van der Waals surface area contributed by atoms with E-state index in [0.717, 1.165) is 5.56 Å². The van der Waals surface area contributed by atoms with Gasteiger partial charge in [0.2, 0.25) is 0 Å². The van der Waals surface area contributed by atoms with Crippen LogP contribution in [-0.4, -0.2) is 47.1 Å². The summed E-state index contributed by atoms with van der Waals surface area (Å²) in [6, 6.07) is 18.1. The molecule has 0 fully saturated rings. The number of benzene rings is 3. The molecule has 0 heterocycles. The van der Waals surface area contributed by atoms with Gasteiger partial charge in [-0.3, -0.25) is 9.52 Å². The lowest BCUT2D eigenvalue weighted by atomic mass is 10.1. The minimum absolute atomic E-state index is 0.0218. The van der Waals surface area contributed by atoms with E-state index in [1.807, 2.05) is 19.1 Å². The van der Waals surface area contributed by atoms with Crippen LogP contribution in [0.4, 0.5) is 5.69 Å². The van der Waals surface area contributed by atoms with Crippen molar-refractivity contribution in [2.24, 2.45) is 0 Å². The molecule has 0 unspecified atom stereocenters. The van der Waals surface area contributed by atoms with Gasteiger partial charge in [-0.25, -0.2) is 8.42 Å². The standard InChI is InChI=1S/C25H28N2O6S/c1-5-27(17-18-13-14-23(32-3)24(15-18)33-4)25(28)19-9-8-10-20(16-19)34(29,30)26-21-11-6-7-12-22(21)31-2/h6-16,26H,5,17H2,1-4H3. The molecular weight excluding hydrogens is 456 g/mol. The molecule has 0 aliphatic rings. The van der Waals surface area contributed by atoms with E-state index in [-0.39, 0.29) is 16.4 Å². The Morgan fingerprint density at radius 2 is 1.56 bits per heavy atom. The summed E-state index contributed by atoms with van der Waals surface area (Å²) in [6.45, 7) is 2.62. The van der Waals surface area contributed by atoms with Gasteiger partial charge in [0.25, 0.3) is 15.9 Å². The molecule has 0 radical (unpaired) electrons. The third-order valence-corrected chi connectivity index (χ3v) is 6.60. The number of hydrogen-bond acceptors (Lipinski definition) is 6. The van der Waals surface area contributed by atoms with Crippen LogP contribution in [-0.2, 0) is 16.6 Å². The molecule has 0 atom stereocenters. The number of sulfonamides is 1. The van der Waals surface area contributed by atoms with Gasteiger partial charge >= 0.3 is 0 Å². The highest BCUT2D eigenvalue weighted by Crippen LogP contribution is 2.29. The Morgan fingerprint density at radius 1 is 0.853 bits per heavy atom. The SMILES string of the molecule is CCN(Cc1ccc(OC)c(OC)c1)C(=O)c1cccc(S(=O)(=O)Nc2ccccc2OC)c1. The number of hydrogen-bond donors (Lipinski definition) is 1. The first-order valence-electron chi connectivity index (χ1n) is 10.6. The smallest absolute Gasteiger partial charge is 0.262 e. The van der Waals surface area contributed by atoms with Crippen LogP contribution in [0.15, 0.2) is 71.6 Å². The second kappa shape index (κ2) is 10.9. The van der Waals surface area contributed by atoms with Gasteiger partial charge in [-0.1, -0.05) is 24.3 Å². The molecule has 3 aromatic carbocycles. The van der Waals surface area contributed by atoms with Crippen LogP contribution < -0.4 is 18.9 Å². The van der Waals surface area contributed by atoms with E-state index in [2.05, 4.69) is 4.72 Å². The van der Waals surface area contributed by atoms with Crippen molar-refractivity contribution in [2.45, 2.75) is 18.4 Å². The van der Waals surface area contributed by atoms with E-state index in [1.54, 1.807) is 61.6 Å². The van der Waals surface area contributed by atoms with Crippen molar-refractivity contribution in [3.63, 3.8) is 0 Å².